The van der Waals surface area contributed by atoms with Gasteiger partial charge in [-0.2, -0.15) is 0 Å². The Morgan fingerprint density at radius 1 is 1.29 bits per heavy atom. The van der Waals surface area contributed by atoms with Gasteiger partial charge < -0.3 is 9.84 Å². The highest BCUT2D eigenvalue weighted by atomic mass is 35.5. The lowest BCUT2D eigenvalue weighted by atomic mass is 10.2. The number of carbonyl (C=O) groups is 1. The molecule has 0 aliphatic heterocycles. The van der Waals surface area contributed by atoms with Crippen LogP contribution in [0.25, 0.3) is 10.1 Å². The Kier molecular flexibility index (Phi) is 3.53. The van der Waals surface area contributed by atoms with Crippen molar-refractivity contribution >= 4 is 39.0 Å². The minimum absolute atomic E-state index is 0.163. The fourth-order valence-corrected chi connectivity index (χ4v) is 3.18. The van der Waals surface area contributed by atoms with Gasteiger partial charge >= 0.3 is 5.97 Å². The molecule has 3 rings (SSSR count). The molecule has 0 aliphatic rings. The summed E-state index contributed by atoms with van der Waals surface area (Å²) in [6.45, 7) is 1.88. The van der Waals surface area contributed by atoms with Gasteiger partial charge in [0.1, 0.15) is 5.75 Å². The molecule has 1 N–H and O–H groups in total. The van der Waals surface area contributed by atoms with Gasteiger partial charge in [-0.3, -0.25) is 4.98 Å². The number of hydrogen-bond donors (Lipinski definition) is 1. The van der Waals surface area contributed by atoms with Gasteiger partial charge in [0.2, 0.25) is 0 Å². The number of nitrogens with zero attached hydrogens (tertiary/aromatic N) is 1. The third-order valence-corrected chi connectivity index (χ3v) is 4.32. The van der Waals surface area contributed by atoms with E-state index < -0.39 is 5.97 Å². The average molecular weight is 320 g/mol. The number of pyridine rings is 1. The van der Waals surface area contributed by atoms with E-state index >= 15 is 0 Å². The van der Waals surface area contributed by atoms with Crippen molar-refractivity contribution in [2.45, 2.75) is 6.92 Å². The van der Waals surface area contributed by atoms with Crippen molar-refractivity contribution in [2.24, 2.45) is 0 Å². The average Bonchev–Trinajstić information content (AvgIpc) is 2.82. The molecule has 0 aliphatic carbocycles. The number of aromatic carboxylic acids is 1. The first-order chi connectivity index (χ1) is 10.1. The van der Waals surface area contributed by atoms with E-state index in [1.807, 2.05) is 6.92 Å². The fourth-order valence-electron chi connectivity index (χ4n) is 2.04. The Morgan fingerprint density at radius 2 is 2.00 bits per heavy atom. The molecule has 6 heteroatoms. The Labute approximate surface area is 129 Å². The summed E-state index contributed by atoms with van der Waals surface area (Å²) in [5, 5.41) is 10.7. The van der Waals surface area contributed by atoms with Crippen LogP contribution >= 0.6 is 22.9 Å². The van der Waals surface area contributed by atoms with Gasteiger partial charge in [0.25, 0.3) is 0 Å². The largest absolute Gasteiger partial charge is 0.477 e. The first kappa shape index (κ1) is 13.9. The quantitative estimate of drug-likeness (QED) is 0.757. The van der Waals surface area contributed by atoms with Gasteiger partial charge in [-0.15, -0.1) is 11.3 Å². The lowest BCUT2D eigenvalue weighted by molar-refractivity contribution is 0.0700. The van der Waals surface area contributed by atoms with E-state index in [9.17, 15) is 9.90 Å². The highest BCUT2D eigenvalue weighted by Gasteiger charge is 2.21. The number of fused-ring (bicyclic) bond motifs is 1. The van der Waals surface area contributed by atoms with Crippen molar-refractivity contribution in [1.82, 2.24) is 4.98 Å². The molecule has 106 valence electrons. The number of benzene rings is 1. The summed E-state index contributed by atoms with van der Waals surface area (Å²) in [6.07, 6.45) is 3.34. The molecule has 0 saturated carbocycles. The van der Waals surface area contributed by atoms with Crippen molar-refractivity contribution in [3.05, 3.63) is 52.1 Å². The van der Waals surface area contributed by atoms with Crippen LogP contribution in [0, 0.1) is 6.92 Å². The fraction of sp³-hybridized carbons (Fsp3) is 0.0667. The second-order valence-electron chi connectivity index (χ2n) is 4.45. The summed E-state index contributed by atoms with van der Waals surface area (Å²) in [5.41, 5.74) is 0.875. The van der Waals surface area contributed by atoms with Crippen LogP contribution in [0.3, 0.4) is 0 Å². The second kappa shape index (κ2) is 5.35. The van der Waals surface area contributed by atoms with Crippen LogP contribution in [-0.2, 0) is 0 Å². The third kappa shape index (κ3) is 2.57. The van der Waals surface area contributed by atoms with Crippen LogP contribution in [-0.4, -0.2) is 16.1 Å². The van der Waals surface area contributed by atoms with Gasteiger partial charge in [0.05, 0.1) is 4.70 Å². The number of halogens is 1. The summed E-state index contributed by atoms with van der Waals surface area (Å²) >= 11 is 7.00. The molecular formula is C15H10ClNO3S. The van der Waals surface area contributed by atoms with Crippen molar-refractivity contribution in [1.29, 1.82) is 0 Å². The van der Waals surface area contributed by atoms with Crippen LogP contribution in [0.15, 0.2) is 36.7 Å². The standard InChI is InChI=1S/C15H10ClNO3S/c1-8-6-17-7-11-12(8)13(14(21-11)15(18)19)20-10-4-2-9(16)3-5-10/h2-7H,1H3,(H,18,19). The van der Waals surface area contributed by atoms with Crippen molar-refractivity contribution < 1.29 is 14.6 Å². The number of ether oxygens (including phenoxy) is 1. The molecule has 3 aromatic rings. The summed E-state index contributed by atoms with van der Waals surface area (Å²) in [7, 11) is 0. The summed E-state index contributed by atoms with van der Waals surface area (Å²) in [5.74, 6) is -0.123. The van der Waals surface area contributed by atoms with E-state index in [0.717, 1.165) is 27.0 Å². The first-order valence-corrected chi connectivity index (χ1v) is 7.29. The molecule has 2 aromatic heterocycles. The first-order valence-electron chi connectivity index (χ1n) is 6.10. The van der Waals surface area contributed by atoms with Gasteiger partial charge in [0, 0.05) is 22.8 Å². The lowest BCUT2D eigenvalue weighted by Crippen LogP contribution is -1.96. The van der Waals surface area contributed by atoms with E-state index in [4.69, 9.17) is 16.3 Å². The zero-order valence-electron chi connectivity index (χ0n) is 11.0. The third-order valence-electron chi connectivity index (χ3n) is 2.97. The molecule has 0 fully saturated rings. The van der Waals surface area contributed by atoms with Crippen molar-refractivity contribution in [2.75, 3.05) is 0 Å². The Bertz CT molecular complexity index is 827. The lowest BCUT2D eigenvalue weighted by Gasteiger charge is -2.07. The Hall–Kier alpha value is -2.11. The molecule has 2 heterocycles. The topological polar surface area (TPSA) is 59.4 Å². The maximum atomic E-state index is 11.4. The van der Waals surface area contributed by atoms with E-state index in [2.05, 4.69) is 4.98 Å². The minimum Gasteiger partial charge on any atom is -0.477 e. The van der Waals surface area contributed by atoms with Crippen LogP contribution < -0.4 is 4.74 Å². The van der Waals surface area contributed by atoms with Gasteiger partial charge in [-0.1, -0.05) is 11.6 Å². The number of rotatable bonds is 3. The van der Waals surface area contributed by atoms with Crippen LogP contribution in [0.1, 0.15) is 15.2 Å². The van der Waals surface area contributed by atoms with Crippen LogP contribution in [0.5, 0.6) is 11.5 Å². The normalized spacial score (nSPS) is 10.8. The number of aromatic nitrogens is 1. The van der Waals surface area contributed by atoms with E-state index in [1.54, 1.807) is 36.7 Å². The molecule has 1 aromatic carbocycles. The molecular weight excluding hydrogens is 310 g/mol. The number of carboxylic acid groups (broad SMARTS) is 1. The molecule has 0 spiro atoms. The second-order valence-corrected chi connectivity index (χ2v) is 5.94. The molecule has 0 unspecified atom stereocenters. The molecule has 0 radical (unpaired) electrons. The summed E-state index contributed by atoms with van der Waals surface area (Å²) in [6, 6.07) is 6.79. The maximum absolute atomic E-state index is 11.4. The van der Waals surface area contributed by atoms with Crippen LogP contribution in [0.2, 0.25) is 5.02 Å². The highest BCUT2D eigenvalue weighted by Crippen LogP contribution is 2.41. The maximum Gasteiger partial charge on any atom is 0.349 e. The number of thiophene rings is 1. The van der Waals surface area contributed by atoms with Crippen molar-refractivity contribution in [3.8, 4) is 11.5 Å². The van der Waals surface area contributed by atoms with Crippen LogP contribution in [0.4, 0.5) is 0 Å². The number of aryl methyl sites for hydroxylation is 1. The predicted molar refractivity (Wildman–Crippen MR) is 82.8 cm³/mol. The van der Waals surface area contributed by atoms with Gasteiger partial charge in [0.15, 0.2) is 10.6 Å². The molecule has 0 bridgehead atoms. The molecule has 21 heavy (non-hydrogen) atoms. The van der Waals surface area contributed by atoms with E-state index in [-0.39, 0.29) is 4.88 Å². The molecule has 4 nitrogen and oxygen atoms in total. The SMILES string of the molecule is Cc1cncc2sc(C(=O)O)c(Oc3ccc(Cl)cc3)c12. The van der Waals surface area contributed by atoms with E-state index in [0.29, 0.717) is 16.5 Å². The monoisotopic (exact) mass is 319 g/mol. The zero-order valence-corrected chi connectivity index (χ0v) is 12.5. The van der Waals surface area contributed by atoms with Crippen molar-refractivity contribution in [3.63, 3.8) is 0 Å². The molecule has 0 saturated heterocycles. The summed E-state index contributed by atoms with van der Waals surface area (Å²) < 4.78 is 6.59. The van der Waals surface area contributed by atoms with Gasteiger partial charge in [-0.25, -0.2) is 4.79 Å². The zero-order chi connectivity index (χ0) is 15.0. The Balaban J connectivity index is 2.17. The Morgan fingerprint density at radius 3 is 2.67 bits per heavy atom. The summed E-state index contributed by atoms with van der Waals surface area (Å²) in [4.78, 5) is 15.7. The van der Waals surface area contributed by atoms with E-state index in [1.165, 1.54) is 0 Å². The molecule has 0 atom stereocenters. The smallest absolute Gasteiger partial charge is 0.349 e. The minimum atomic E-state index is -1.01. The van der Waals surface area contributed by atoms with Gasteiger partial charge in [-0.05, 0) is 36.8 Å². The predicted octanol–water partition coefficient (Wildman–Crippen LogP) is 4.75. The number of hydrogen-bond acceptors (Lipinski definition) is 4. The molecule has 0 amide bonds. The number of carboxylic acids is 1. The highest BCUT2D eigenvalue weighted by molar-refractivity contribution is 7.21.